The van der Waals surface area contributed by atoms with Crippen molar-refractivity contribution >= 4 is 35.8 Å². The molecule has 6 N–H and O–H groups in total. The first-order valence-electron chi connectivity index (χ1n) is 17.0. The van der Waals surface area contributed by atoms with E-state index in [0.717, 1.165) is 17.0 Å². The fourth-order valence-corrected chi connectivity index (χ4v) is 5.30. The summed E-state index contributed by atoms with van der Waals surface area (Å²) < 4.78 is 44.4. The van der Waals surface area contributed by atoms with Crippen molar-refractivity contribution in [3.8, 4) is 0 Å². The smallest absolute Gasteiger partial charge is 0.430 e. The van der Waals surface area contributed by atoms with Crippen LogP contribution in [0.2, 0.25) is 0 Å². The summed E-state index contributed by atoms with van der Waals surface area (Å²) >= 11 is 0. The number of alkyl carbamates (subject to hydrolysis) is 1. The first-order valence-corrected chi connectivity index (χ1v) is 17.0. The molecule has 290 valence electrons. The Labute approximate surface area is 303 Å². The number of aliphatic carboxylic acids is 2. The maximum absolute atomic E-state index is 13.1. The number of esters is 1. The average Bonchev–Trinajstić information content (AvgIpc) is 3.48. The van der Waals surface area contributed by atoms with Crippen LogP contribution in [0.4, 0.5) is 18.0 Å². The monoisotopic (exact) mass is 751 g/mol. The van der Waals surface area contributed by atoms with Gasteiger partial charge < -0.3 is 45.3 Å². The number of hydrogen-bond acceptors (Lipinski definition) is 10. The van der Waals surface area contributed by atoms with E-state index < -0.39 is 48.4 Å². The van der Waals surface area contributed by atoms with Crippen molar-refractivity contribution in [3.63, 3.8) is 0 Å². The Bertz CT molecular complexity index is 1560. The lowest BCUT2D eigenvalue weighted by atomic mass is 10.1. The number of nitrogens with zero attached hydrogens (tertiary/aromatic N) is 2. The van der Waals surface area contributed by atoms with Crippen molar-refractivity contribution in [2.45, 2.75) is 88.6 Å². The third-order valence-corrected chi connectivity index (χ3v) is 8.04. The van der Waals surface area contributed by atoms with Gasteiger partial charge in [-0.1, -0.05) is 60.7 Å². The molecule has 0 spiro atoms. The minimum Gasteiger partial charge on any atom is -0.542 e. The number of carboxylic acids is 2. The molecule has 1 unspecified atom stereocenters. The van der Waals surface area contributed by atoms with Crippen LogP contribution < -0.4 is 21.1 Å². The maximum atomic E-state index is 13.1. The van der Waals surface area contributed by atoms with Crippen molar-refractivity contribution < 1.29 is 66.8 Å². The van der Waals surface area contributed by atoms with Crippen molar-refractivity contribution in [1.82, 2.24) is 16.0 Å². The first-order chi connectivity index (χ1) is 25.2. The number of fused-ring (bicyclic) bond motifs is 1. The molecular formula is C35H44F3N5O10. The Morgan fingerprint density at radius 1 is 0.925 bits per heavy atom. The number of carboxylic acid groups (broad SMARTS) is 2. The van der Waals surface area contributed by atoms with Gasteiger partial charge in [0.25, 0.3) is 11.8 Å². The maximum Gasteiger partial charge on any atom is 0.430 e. The van der Waals surface area contributed by atoms with Crippen molar-refractivity contribution in [2.24, 2.45) is 4.99 Å². The molecule has 1 amide bonds. The van der Waals surface area contributed by atoms with Crippen LogP contribution in [0.25, 0.3) is 0 Å². The molecule has 0 aromatic heterocycles. The van der Waals surface area contributed by atoms with Gasteiger partial charge in [0, 0.05) is 19.4 Å². The third-order valence-electron chi connectivity index (χ3n) is 8.04. The van der Waals surface area contributed by atoms with Crippen molar-refractivity contribution in [1.29, 1.82) is 0 Å². The number of guanidine groups is 1. The van der Waals surface area contributed by atoms with Gasteiger partial charge in [-0.3, -0.25) is 9.37 Å². The van der Waals surface area contributed by atoms with E-state index in [1.54, 1.807) is 0 Å². The van der Waals surface area contributed by atoms with Gasteiger partial charge in [-0.05, 0) is 43.2 Å². The van der Waals surface area contributed by atoms with E-state index in [4.69, 9.17) is 24.5 Å². The Kier molecular flexibility index (Phi) is 17.0. The van der Waals surface area contributed by atoms with Gasteiger partial charge in [-0.2, -0.15) is 13.2 Å². The second-order valence-corrected chi connectivity index (χ2v) is 12.2. The van der Waals surface area contributed by atoms with Gasteiger partial charge in [0.15, 0.2) is 0 Å². The Hall–Kier alpha value is -5.23. The molecule has 0 saturated carbocycles. The molecule has 2 aliphatic rings. The van der Waals surface area contributed by atoms with Crippen LogP contribution in [0.5, 0.6) is 0 Å². The van der Waals surface area contributed by atoms with E-state index in [-0.39, 0.29) is 32.2 Å². The number of hydrogen-bond donors (Lipinski definition) is 6. The van der Waals surface area contributed by atoms with Crippen molar-refractivity contribution in [2.75, 3.05) is 19.6 Å². The normalized spacial score (nSPS) is 19.3. The number of amidine groups is 1. The highest BCUT2D eigenvalue weighted by Gasteiger charge is 2.41. The van der Waals surface area contributed by atoms with E-state index in [1.165, 1.54) is 0 Å². The van der Waals surface area contributed by atoms with Crippen LogP contribution >= 0.6 is 0 Å². The van der Waals surface area contributed by atoms with Gasteiger partial charge in [0.1, 0.15) is 43.9 Å². The largest absolute Gasteiger partial charge is 0.542 e. The summed E-state index contributed by atoms with van der Waals surface area (Å²) in [5.41, 5.74) is 1.65. The fraction of sp³-hybridized carbons (Fsp3) is 0.486. The van der Waals surface area contributed by atoms with E-state index in [2.05, 4.69) is 20.9 Å². The van der Waals surface area contributed by atoms with E-state index in [1.807, 2.05) is 65.2 Å². The average molecular weight is 752 g/mol. The van der Waals surface area contributed by atoms with Crippen LogP contribution in [-0.2, 0) is 37.1 Å². The molecule has 1 fully saturated rings. The van der Waals surface area contributed by atoms with E-state index >= 15 is 0 Å². The molecule has 53 heavy (non-hydrogen) atoms. The number of aliphatic hydroxyl groups is 2. The molecule has 4 rings (SSSR count). The standard InChI is InChI=1S/C33H43N5O8.C2HF3O2/c39-27-19-26-30(37-32(35-26)34-17-9-7-16-29(41)42)38(20-28(27)40)18-10-8-15-25(31(43)45-21-23-11-3-1-4-12-23)36-33(44)46-22-24-13-5-2-6-14-24;3-2(4,5)1(6)7/h1-6,11-14,25-28,39-40H,7-10,15-22H2,(H3,34,35,36,41,42,44);(H,6,7)/t25-,26?,27-,28+;/m0./s1. The number of nitrogens with one attached hydrogen (secondary N) is 3. The number of halogens is 3. The molecular weight excluding hydrogens is 707 g/mol. The molecule has 2 aromatic rings. The number of aliphatic imine (C=N–C) groups is 1. The lowest BCUT2D eigenvalue weighted by Gasteiger charge is -2.18. The van der Waals surface area contributed by atoms with Gasteiger partial charge in [0.2, 0.25) is 0 Å². The van der Waals surface area contributed by atoms with Gasteiger partial charge in [-0.25, -0.2) is 19.9 Å². The fourth-order valence-electron chi connectivity index (χ4n) is 5.30. The second-order valence-electron chi connectivity index (χ2n) is 12.2. The number of alkyl halides is 3. The molecule has 2 aliphatic heterocycles. The number of carbonyl (C=O) groups is 4. The minimum atomic E-state index is -5.19. The summed E-state index contributed by atoms with van der Waals surface area (Å²) in [5.74, 6) is -3.06. The molecule has 1 saturated heterocycles. The Morgan fingerprint density at radius 2 is 1.53 bits per heavy atom. The minimum absolute atomic E-state index is 0.0655. The zero-order chi connectivity index (χ0) is 38.8. The summed E-state index contributed by atoms with van der Waals surface area (Å²) in [5, 5.41) is 47.8. The zero-order valence-corrected chi connectivity index (χ0v) is 28.8. The third kappa shape index (κ3) is 15.5. The SMILES string of the molecule is O=C(O)CCCCN=C1NC2=[N+](CCCC[C@H](NC(=O)OCc3ccccc3)C(=O)OCc3ccccc3)C[C@@H](O)[C@@H](O)CC2N1.O=C([O-])C(F)(F)F. The highest BCUT2D eigenvalue weighted by molar-refractivity contribution is 6.07. The number of rotatable bonds is 16. The number of amides is 1. The lowest BCUT2D eigenvalue weighted by molar-refractivity contribution is -0.539. The quantitative estimate of drug-likeness (QED) is 0.0810. The number of carbonyl (C=O) groups excluding carboxylic acids is 3. The van der Waals surface area contributed by atoms with Crippen LogP contribution in [-0.4, -0.2) is 106 Å². The summed E-state index contributed by atoms with van der Waals surface area (Å²) in [4.78, 5) is 49.7. The van der Waals surface area contributed by atoms with E-state index in [0.29, 0.717) is 57.6 Å². The molecule has 2 heterocycles. The molecule has 0 aliphatic carbocycles. The van der Waals surface area contributed by atoms with Crippen LogP contribution in [0.15, 0.2) is 65.7 Å². The van der Waals surface area contributed by atoms with Gasteiger partial charge in [0.05, 0.1) is 12.6 Å². The number of benzene rings is 2. The topological polar surface area (TPSA) is 222 Å². The summed E-state index contributed by atoms with van der Waals surface area (Å²) in [6.45, 7) is 1.32. The lowest BCUT2D eigenvalue weighted by Crippen LogP contribution is -2.42. The van der Waals surface area contributed by atoms with Crippen LogP contribution in [0.3, 0.4) is 0 Å². The summed E-state index contributed by atoms with van der Waals surface area (Å²) in [6, 6.07) is 17.3. The predicted molar refractivity (Wildman–Crippen MR) is 180 cm³/mol. The number of β-amino-alcohol motifs (C(OH)–C–C–N with tert-alkyl or cyclic N) is 1. The molecule has 2 aromatic carbocycles. The number of aliphatic hydroxyl groups excluding tert-OH is 2. The highest BCUT2D eigenvalue weighted by atomic mass is 19.4. The van der Waals surface area contributed by atoms with Crippen molar-refractivity contribution in [3.05, 3.63) is 71.8 Å². The molecule has 18 heteroatoms. The zero-order valence-electron chi connectivity index (χ0n) is 28.8. The number of ether oxygens (including phenoxy) is 2. The van der Waals surface area contributed by atoms with Crippen LogP contribution in [0, 0.1) is 0 Å². The summed E-state index contributed by atoms with van der Waals surface area (Å²) in [7, 11) is 0. The van der Waals surface area contributed by atoms with E-state index in [9.17, 15) is 37.8 Å². The highest BCUT2D eigenvalue weighted by Crippen LogP contribution is 2.15. The molecule has 0 bridgehead atoms. The molecule has 0 radical (unpaired) electrons. The summed E-state index contributed by atoms with van der Waals surface area (Å²) in [6.07, 6.45) is -4.76. The second kappa shape index (κ2) is 21.3. The first kappa shape index (κ1) is 42.2. The molecule has 4 atom stereocenters. The predicted octanol–water partition coefficient (Wildman–Crippen LogP) is 1.20. The van der Waals surface area contributed by atoms with Gasteiger partial charge >= 0.3 is 24.2 Å². The Morgan fingerprint density at radius 3 is 2.11 bits per heavy atom. The van der Waals surface area contributed by atoms with Crippen LogP contribution in [0.1, 0.15) is 56.1 Å². The molecule has 15 nitrogen and oxygen atoms in total. The Balaban J connectivity index is 0.000000980. The van der Waals surface area contributed by atoms with Gasteiger partial charge in [-0.15, -0.1) is 0 Å². The number of unbranched alkanes of at least 4 members (excludes halogenated alkanes) is 2.